The number of halogens is 3. The van der Waals surface area contributed by atoms with Crippen molar-refractivity contribution in [1.82, 2.24) is 4.98 Å². The van der Waals surface area contributed by atoms with E-state index in [1.165, 1.54) is 6.20 Å². The summed E-state index contributed by atoms with van der Waals surface area (Å²) in [6.45, 7) is 3.28. The van der Waals surface area contributed by atoms with Crippen LogP contribution < -0.4 is 5.32 Å². The third-order valence-electron chi connectivity index (χ3n) is 2.91. The third-order valence-corrected chi connectivity index (χ3v) is 5.62. The van der Waals surface area contributed by atoms with Crippen LogP contribution in [0.5, 0.6) is 0 Å². The first kappa shape index (κ1) is 19.0. The fourth-order valence-electron chi connectivity index (χ4n) is 1.73. The zero-order chi connectivity index (χ0) is 15.6. The van der Waals surface area contributed by atoms with E-state index < -0.39 is 15.1 Å². The Kier molecular flexibility index (Phi) is 6.50. The molecular formula is C14H15Cl3N2O2S. The summed E-state index contributed by atoms with van der Waals surface area (Å²) in [4.78, 5) is 4.08. The summed E-state index contributed by atoms with van der Waals surface area (Å²) in [6, 6.07) is 8.22. The van der Waals surface area contributed by atoms with Gasteiger partial charge >= 0.3 is 0 Å². The van der Waals surface area contributed by atoms with E-state index in [0.717, 1.165) is 0 Å². The maximum absolute atomic E-state index is 12.4. The lowest BCUT2D eigenvalue weighted by Crippen LogP contribution is -2.15. The molecule has 8 heteroatoms. The molecule has 0 atom stereocenters. The van der Waals surface area contributed by atoms with Crippen molar-refractivity contribution in [2.45, 2.75) is 24.0 Å². The van der Waals surface area contributed by atoms with Crippen LogP contribution in [0.25, 0.3) is 0 Å². The minimum absolute atomic E-state index is 0. The van der Waals surface area contributed by atoms with Crippen LogP contribution in [0.1, 0.15) is 13.8 Å². The van der Waals surface area contributed by atoms with Gasteiger partial charge in [-0.3, -0.25) is 0 Å². The first-order valence-corrected chi connectivity index (χ1v) is 8.53. The van der Waals surface area contributed by atoms with Crippen molar-refractivity contribution in [2.24, 2.45) is 0 Å². The van der Waals surface area contributed by atoms with E-state index in [1.54, 1.807) is 44.2 Å². The number of hydrogen-bond acceptors (Lipinski definition) is 4. The van der Waals surface area contributed by atoms with Crippen molar-refractivity contribution < 1.29 is 8.42 Å². The highest BCUT2D eigenvalue weighted by Gasteiger charge is 2.22. The number of anilines is 2. The average Bonchev–Trinajstić information content (AvgIpc) is 2.43. The number of para-hydroxylation sites is 1. The average molecular weight is 382 g/mol. The summed E-state index contributed by atoms with van der Waals surface area (Å²) in [5.74, 6) is 0. The number of nitrogens with one attached hydrogen (secondary N) is 1. The summed E-state index contributed by atoms with van der Waals surface area (Å²) in [5, 5.41) is 3.12. The predicted octanol–water partition coefficient (Wildman–Crippen LogP) is 4.74. The highest BCUT2D eigenvalue weighted by Crippen LogP contribution is 2.31. The Morgan fingerprint density at radius 3 is 2.41 bits per heavy atom. The van der Waals surface area contributed by atoms with Crippen LogP contribution in [-0.2, 0) is 9.84 Å². The molecule has 1 heterocycles. The lowest BCUT2D eigenvalue weighted by molar-refractivity contribution is 0.588. The molecule has 4 nitrogen and oxygen atoms in total. The van der Waals surface area contributed by atoms with E-state index >= 15 is 0 Å². The summed E-state index contributed by atoms with van der Waals surface area (Å²) in [7, 11) is -3.40. The predicted molar refractivity (Wildman–Crippen MR) is 93.6 cm³/mol. The molecular weight excluding hydrogens is 367 g/mol. The molecule has 0 aliphatic heterocycles. The van der Waals surface area contributed by atoms with Crippen LogP contribution in [0, 0.1) is 0 Å². The highest BCUT2D eigenvalue weighted by molar-refractivity contribution is 7.92. The van der Waals surface area contributed by atoms with Gasteiger partial charge in [-0.25, -0.2) is 13.4 Å². The van der Waals surface area contributed by atoms with E-state index in [4.69, 9.17) is 23.2 Å². The fourth-order valence-corrected chi connectivity index (χ4v) is 3.24. The minimum Gasteiger partial charge on any atom is -0.353 e. The van der Waals surface area contributed by atoms with Crippen LogP contribution in [0.3, 0.4) is 0 Å². The van der Waals surface area contributed by atoms with Gasteiger partial charge in [0.2, 0.25) is 0 Å². The number of nitrogens with zero attached hydrogens (tertiary/aromatic N) is 1. The van der Waals surface area contributed by atoms with Gasteiger partial charge in [-0.05, 0) is 26.0 Å². The standard InChI is InChI=1S/C14H14Cl2N2O2S.ClH/c1-9(2)21(19,20)13-6-4-3-5-11(13)18-12-7-14(16)17-8-10(12)15;/h3-9H,1-2H3,(H,17,18);1H. The number of sulfone groups is 1. The molecule has 0 aliphatic carbocycles. The van der Waals surface area contributed by atoms with E-state index in [0.29, 0.717) is 16.4 Å². The SMILES string of the molecule is CC(C)S(=O)(=O)c1ccccc1Nc1cc(Cl)ncc1Cl.Cl. The topological polar surface area (TPSA) is 59.1 Å². The van der Waals surface area contributed by atoms with Crippen molar-refractivity contribution in [2.75, 3.05) is 5.32 Å². The molecule has 2 rings (SSSR count). The van der Waals surface area contributed by atoms with Gasteiger partial charge in [0.05, 0.1) is 26.5 Å². The number of aromatic nitrogens is 1. The van der Waals surface area contributed by atoms with Crippen molar-refractivity contribution in [1.29, 1.82) is 0 Å². The first-order valence-electron chi connectivity index (χ1n) is 6.23. The summed E-state index contributed by atoms with van der Waals surface area (Å²) >= 11 is 11.9. The maximum Gasteiger partial charge on any atom is 0.182 e. The molecule has 1 aromatic heterocycles. The Balaban J connectivity index is 0.00000242. The lowest BCUT2D eigenvalue weighted by atomic mass is 10.3. The molecule has 0 amide bonds. The second-order valence-electron chi connectivity index (χ2n) is 4.70. The third kappa shape index (κ3) is 4.04. The largest absolute Gasteiger partial charge is 0.353 e. The molecule has 0 aliphatic rings. The van der Waals surface area contributed by atoms with E-state index in [1.807, 2.05) is 0 Å². The highest BCUT2D eigenvalue weighted by atomic mass is 35.5. The molecule has 0 saturated heterocycles. The molecule has 0 bridgehead atoms. The van der Waals surface area contributed by atoms with Gasteiger partial charge in [0.1, 0.15) is 5.15 Å². The van der Waals surface area contributed by atoms with Crippen molar-refractivity contribution >= 4 is 56.8 Å². The Labute approximate surface area is 146 Å². The number of rotatable bonds is 4. The quantitative estimate of drug-likeness (QED) is 0.777. The molecule has 0 radical (unpaired) electrons. The molecule has 1 N–H and O–H groups in total. The molecule has 120 valence electrons. The molecule has 22 heavy (non-hydrogen) atoms. The van der Waals surface area contributed by atoms with Crippen LogP contribution in [0.4, 0.5) is 11.4 Å². The second-order valence-corrected chi connectivity index (χ2v) is 7.97. The van der Waals surface area contributed by atoms with Gasteiger partial charge in [-0.15, -0.1) is 12.4 Å². The zero-order valence-electron chi connectivity index (χ0n) is 11.9. The zero-order valence-corrected chi connectivity index (χ0v) is 15.0. The Hall–Kier alpha value is -1.01. The lowest BCUT2D eigenvalue weighted by Gasteiger charge is -2.15. The van der Waals surface area contributed by atoms with Crippen LogP contribution in [0.15, 0.2) is 41.4 Å². The fraction of sp³-hybridized carbons (Fsp3) is 0.214. The van der Waals surface area contributed by atoms with Crippen molar-refractivity contribution in [3.05, 3.63) is 46.7 Å². The van der Waals surface area contributed by atoms with E-state index in [-0.39, 0.29) is 22.5 Å². The summed E-state index contributed by atoms with van der Waals surface area (Å²) < 4.78 is 24.8. The van der Waals surface area contributed by atoms with Gasteiger partial charge in [0, 0.05) is 12.3 Å². The monoisotopic (exact) mass is 380 g/mol. The van der Waals surface area contributed by atoms with Crippen LogP contribution in [0.2, 0.25) is 10.2 Å². The van der Waals surface area contributed by atoms with Crippen molar-refractivity contribution in [3.8, 4) is 0 Å². The van der Waals surface area contributed by atoms with Gasteiger partial charge in [0.15, 0.2) is 9.84 Å². The number of hydrogen-bond donors (Lipinski definition) is 1. The Bertz CT molecular complexity index is 764. The Morgan fingerprint density at radius 2 is 1.77 bits per heavy atom. The smallest absolute Gasteiger partial charge is 0.182 e. The van der Waals surface area contributed by atoms with Crippen molar-refractivity contribution in [3.63, 3.8) is 0 Å². The summed E-state index contributed by atoms with van der Waals surface area (Å²) in [6.07, 6.45) is 1.41. The molecule has 1 aromatic carbocycles. The van der Waals surface area contributed by atoms with Gasteiger partial charge in [-0.2, -0.15) is 0 Å². The van der Waals surface area contributed by atoms with Gasteiger partial charge < -0.3 is 5.32 Å². The molecule has 0 fully saturated rings. The number of benzene rings is 1. The summed E-state index contributed by atoms with van der Waals surface area (Å²) in [5.41, 5.74) is 0.957. The Morgan fingerprint density at radius 1 is 1.14 bits per heavy atom. The van der Waals surface area contributed by atoms with Crippen LogP contribution >= 0.6 is 35.6 Å². The van der Waals surface area contributed by atoms with E-state index in [9.17, 15) is 8.42 Å². The molecule has 2 aromatic rings. The van der Waals surface area contributed by atoms with Gasteiger partial charge in [0.25, 0.3) is 0 Å². The normalized spacial score (nSPS) is 11.1. The maximum atomic E-state index is 12.4. The minimum atomic E-state index is -3.40. The van der Waals surface area contributed by atoms with Gasteiger partial charge in [-0.1, -0.05) is 35.3 Å². The van der Waals surface area contributed by atoms with Crippen LogP contribution in [-0.4, -0.2) is 18.7 Å². The second kappa shape index (κ2) is 7.51. The number of pyridine rings is 1. The van der Waals surface area contributed by atoms with E-state index in [2.05, 4.69) is 10.3 Å². The first-order chi connectivity index (χ1) is 9.82. The molecule has 0 unspecified atom stereocenters. The molecule has 0 saturated carbocycles. The molecule has 0 spiro atoms.